The van der Waals surface area contributed by atoms with Gasteiger partial charge in [0.15, 0.2) is 17.5 Å². The summed E-state index contributed by atoms with van der Waals surface area (Å²) in [5.41, 5.74) is 6.61. The van der Waals surface area contributed by atoms with E-state index in [4.69, 9.17) is 17.3 Å². The van der Waals surface area contributed by atoms with Crippen molar-refractivity contribution < 1.29 is 9.18 Å². The molecular weight excluding hydrogens is 385 g/mol. The van der Waals surface area contributed by atoms with E-state index in [-0.39, 0.29) is 24.3 Å². The van der Waals surface area contributed by atoms with Crippen LogP contribution in [-0.4, -0.2) is 56.4 Å². The van der Waals surface area contributed by atoms with Gasteiger partial charge in [-0.05, 0) is 25.5 Å². The molecule has 1 amide bonds. The Morgan fingerprint density at radius 2 is 2.29 bits per heavy atom. The first kappa shape index (κ1) is 18.6. The Hall–Kier alpha value is -2.78. The summed E-state index contributed by atoms with van der Waals surface area (Å²) >= 11 is 6.04. The molecule has 1 saturated heterocycles. The molecule has 0 bridgehead atoms. The van der Waals surface area contributed by atoms with Gasteiger partial charge in [-0.1, -0.05) is 11.6 Å². The quantitative estimate of drug-likeness (QED) is 0.601. The number of nitrogens with one attached hydrogen (secondary N) is 2. The lowest BCUT2D eigenvalue weighted by Gasteiger charge is -2.32. The van der Waals surface area contributed by atoms with E-state index in [0.717, 1.165) is 31.0 Å². The number of hydrogen-bond acceptors (Lipinski definition) is 6. The first-order valence-corrected chi connectivity index (χ1v) is 9.30. The summed E-state index contributed by atoms with van der Waals surface area (Å²) in [6, 6.07) is 1.72. The van der Waals surface area contributed by atoms with Gasteiger partial charge in [0.05, 0.1) is 17.8 Å². The van der Waals surface area contributed by atoms with Crippen LogP contribution in [0.1, 0.15) is 12.8 Å². The molecule has 146 valence electrons. The van der Waals surface area contributed by atoms with Crippen LogP contribution in [-0.2, 0) is 4.79 Å². The SMILES string of the molecule is NC(=O)CN1CCC[C@H](Nc2nc(-c3c[nH]c4ncc(Cl)cc34)ncc2F)C1. The van der Waals surface area contributed by atoms with E-state index in [1.54, 1.807) is 18.5 Å². The van der Waals surface area contributed by atoms with Gasteiger partial charge in [0.1, 0.15) is 5.65 Å². The molecule has 28 heavy (non-hydrogen) atoms. The summed E-state index contributed by atoms with van der Waals surface area (Å²) in [5.74, 6) is -0.418. The molecular formula is C18H19ClFN7O. The number of aromatic amines is 1. The van der Waals surface area contributed by atoms with E-state index >= 15 is 0 Å². The molecule has 0 radical (unpaired) electrons. The maximum Gasteiger partial charge on any atom is 0.231 e. The van der Waals surface area contributed by atoms with Gasteiger partial charge in [-0.15, -0.1) is 0 Å². The number of fused-ring (bicyclic) bond motifs is 1. The molecule has 1 fully saturated rings. The number of piperidine rings is 1. The summed E-state index contributed by atoms with van der Waals surface area (Å²) in [6.07, 6.45) is 6.15. The van der Waals surface area contributed by atoms with Crippen LogP contribution in [0.15, 0.2) is 24.7 Å². The topological polar surface area (TPSA) is 113 Å². The van der Waals surface area contributed by atoms with Gasteiger partial charge in [0.25, 0.3) is 0 Å². The number of carbonyl (C=O) groups excluding carboxylic acids is 1. The minimum Gasteiger partial charge on any atom is -0.369 e. The standard InChI is InChI=1S/C18H19ClFN7O/c19-10-4-12-13(6-23-16(12)22-5-10)17-24-7-14(20)18(26-17)25-11-2-1-3-27(8-11)9-15(21)28/h4-7,11H,1-3,8-9H2,(H2,21,28)(H,22,23)(H,24,25,26)/t11-/m0/s1. The van der Waals surface area contributed by atoms with Gasteiger partial charge in [0.2, 0.25) is 5.91 Å². The Morgan fingerprint density at radius 1 is 1.43 bits per heavy atom. The molecule has 1 aliphatic rings. The number of rotatable bonds is 5. The molecule has 3 aromatic rings. The molecule has 3 aromatic heterocycles. The van der Waals surface area contributed by atoms with E-state index in [2.05, 4.69) is 25.3 Å². The lowest BCUT2D eigenvalue weighted by molar-refractivity contribution is -0.119. The van der Waals surface area contributed by atoms with Crippen LogP contribution in [0.5, 0.6) is 0 Å². The number of H-pyrrole nitrogens is 1. The summed E-state index contributed by atoms with van der Waals surface area (Å²) in [5, 5.41) is 4.39. The number of likely N-dealkylation sites (tertiary alicyclic amines) is 1. The van der Waals surface area contributed by atoms with Crippen LogP contribution in [0.25, 0.3) is 22.4 Å². The zero-order valence-corrected chi connectivity index (χ0v) is 15.7. The van der Waals surface area contributed by atoms with Gasteiger partial charge >= 0.3 is 0 Å². The average molecular weight is 404 g/mol. The minimum absolute atomic E-state index is 0.0376. The second kappa shape index (κ2) is 7.69. The Balaban J connectivity index is 1.59. The molecule has 4 rings (SSSR count). The van der Waals surface area contributed by atoms with Gasteiger partial charge in [-0.2, -0.15) is 0 Å². The van der Waals surface area contributed by atoms with E-state index in [0.29, 0.717) is 28.6 Å². The maximum atomic E-state index is 14.3. The van der Waals surface area contributed by atoms with Crippen molar-refractivity contribution in [3.63, 3.8) is 0 Å². The summed E-state index contributed by atoms with van der Waals surface area (Å²) in [4.78, 5) is 28.9. The Morgan fingerprint density at radius 3 is 3.11 bits per heavy atom. The third-order valence-electron chi connectivity index (χ3n) is 4.71. The molecule has 0 unspecified atom stereocenters. The number of pyridine rings is 1. The van der Waals surface area contributed by atoms with Crippen LogP contribution in [0, 0.1) is 5.82 Å². The molecule has 0 spiro atoms. The molecule has 8 nitrogen and oxygen atoms in total. The molecule has 4 N–H and O–H groups in total. The molecule has 0 aliphatic carbocycles. The molecule has 0 aromatic carbocycles. The van der Waals surface area contributed by atoms with Crippen molar-refractivity contribution in [2.24, 2.45) is 5.73 Å². The fourth-order valence-electron chi connectivity index (χ4n) is 3.49. The molecule has 1 atom stereocenters. The number of primary amides is 1. The van der Waals surface area contributed by atoms with Crippen LogP contribution in [0.3, 0.4) is 0 Å². The molecule has 10 heteroatoms. The van der Waals surface area contributed by atoms with Crippen LogP contribution < -0.4 is 11.1 Å². The highest BCUT2D eigenvalue weighted by atomic mass is 35.5. The second-order valence-electron chi connectivity index (χ2n) is 6.83. The number of carbonyl (C=O) groups is 1. The zero-order chi connectivity index (χ0) is 19.7. The van der Waals surface area contributed by atoms with Crippen molar-refractivity contribution in [1.82, 2.24) is 24.8 Å². The second-order valence-corrected chi connectivity index (χ2v) is 7.26. The molecule has 1 aliphatic heterocycles. The van der Waals surface area contributed by atoms with Crippen molar-refractivity contribution in [2.75, 3.05) is 25.0 Å². The number of amides is 1. The third-order valence-corrected chi connectivity index (χ3v) is 4.92. The van der Waals surface area contributed by atoms with E-state index in [1.807, 2.05) is 4.90 Å². The van der Waals surface area contributed by atoms with E-state index < -0.39 is 5.82 Å². The van der Waals surface area contributed by atoms with Gasteiger partial charge < -0.3 is 16.0 Å². The summed E-state index contributed by atoms with van der Waals surface area (Å²) in [7, 11) is 0. The third kappa shape index (κ3) is 3.90. The number of nitrogens with zero attached hydrogens (tertiary/aromatic N) is 4. The Labute approximate surface area is 165 Å². The first-order chi connectivity index (χ1) is 13.5. The smallest absolute Gasteiger partial charge is 0.231 e. The number of hydrogen-bond donors (Lipinski definition) is 3. The highest BCUT2D eigenvalue weighted by molar-refractivity contribution is 6.31. The number of aromatic nitrogens is 4. The normalized spacial score (nSPS) is 17.7. The van der Waals surface area contributed by atoms with Crippen LogP contribution >= 0.6 is 11.6 Å². The first-order valence-electron chi connectivity index (χ1n) is 8.92. The highest BCUT2D eigenvalue weighted by Gasteiger charge is 2.23. The van der Waals surface area contributed by atoms with Gasteiger partial charge in [-0.3, -0.25) is 9.69 Å². The fraction of sp³-hybridized carbons (Fsp3) is 0.333. The maximum absolute atomic E-state index is 14.3. The van der Waals surface area contributed by atoms with Gasteiger partial charge in [0, 0.05) is 35.9 Å². The van der Waals surface area contributed by atoms with Gasteiger partial charge in [-0.25, -0.2) is 19.3 Å². The van der Waals surface area contributed by atoms with Crippen LogP contribution in [0.2, 0.25) is 5.02 Å². The molecule has 4 heterocycles. The van der Waals surface area contributed by atoms with Crippen LogP contribution in [0.4, 0.5) is 10.2 Å². The van der Waals surface area contributed by atoms with Crippen molar-refractivity contribution in [1.29, 1.82) is 0 Å². The predicted octanol–water partition coefficient (Wildman–Crippen LogP) is 2.17. The summed E-state index contributed by atoms with van der Waals surface area (Å²) < 4.78 is 14.3. The van der Waals surface area contributed by atoms with Crippen molar-refractivity contribution in [3.8, 4) is 11.4 Å². The molecule has 0 saturated carbocycles. The highest BCUT2D eigenvalue weighted by Crippen LogP contribution is 2.28. The Kier molecular flexibility index (Phi) is 5.10. The minimum atomic E-state index is -0.535. The lowest BCUT2D eigenvalue weighted by atomic mass is 10.1. The van der Waals surface area contributed by atoms with Crippen molar-refractivity contribution in [2.45, 2.75) is 18.9 Å². The van der Waals surface area contributed by atoms with Crippen molar-refractivity contribution in [3.05, 3.63) is 35.5 Å². The largest absolute Gasteiger partial charge is 0.369 e. The lowest BCUT2D eigenvalue weighted by Crippen LogP contribution is -2.45. The Bertz CT molecular complexity index is 1020. The number of halogens is 2. The number of nitrogens with two attached hydrogens (primary N) is 1. The fourth-order valence-corrected chi connectivity index (χ4v) is 3.65. The average Bonchev–Trinajstić information content (AvgIpc) is 3.06. The number of anilines is 1. The van der Waals surface area contributed by atoms with Crippen molar-refractivity contribution >= 4 is 34.4 Å². The van der Waals surface area contributed by atoms with E-state index in [1.165, 1.54) is 0 Å². The summed E-state index contributed by atoms with van der Waals surface area (Å²) in [6.45, 7) is 1.58. The van der Waals surface area contributed by atoms with E-state index in [9.17, 15) is 9.18 Å². The monoisotopic (exact) mass is 403 g/mol. The predicted molar refractivity (Wildman–Crippen MR) is 104 cm³/mol. The zero-order valence-electron chi connectivity index (χ0n) is 15.0.